The van der Waals surface area contributed by atoms with Crippen LogP contribution in [0, 0.1) is 0 Å². The third-order valence-corrected chi connectivity index (χ3v) is 8.41. The predicted molar refractivity (Wildman–Crippen MR) is 151 cm³/mol. The minimum atomic E-state index is -4.95. The van der Waals surface area contributed by atoms with Crippen LogP contribution in [0.1, 0.15) is 37.8 Å². The molecule has 2 rings (SSSR count). The van der Waals surface area contributed by atoms with Crippen LogP contribution in [0.4, 0.5) is 26.3 Å². The van der Waals surface area contributed by atoms with Gasteiger partial charge in [-0.05, 0) is 37.1 Å². The Morgan fingerprint density at radius 2 is 1.24 bits per heavy atom. The Morgan fingerprint density at radius 1 is 0.762 bits per heavy atom. The van der Waals surface area contributed by atoms with Gasteiger partial charge in [-0.2, -0.15) is 34.8 Å². The molecule has 0 atom stereocenters. The van der Waals surface area contributed by atoms with Crippen LogP contribution in [0.5, 0.6) is 0 Å². The summed E-state index contributed by atoms with van der Waals surface area (Å²) in [5.74, 6) is 0.603. The van der Waals surface area contributed by atoms with Crippen molar-refractivity contribution in [2.45, 2.75) is 48.8 Å². The van der Waals surface area contributed by atoms with E-state index in [1.165, 1.54) is 66.8 Å². The van der Waals surface area contributed by atoms with E-state index in [4.69, 9.17) is 0 Å². The molecule has 0 unspecified atom stereocenters. The van der Waals surface area contributed by atoms with Gasteiger partial charge >= 0.3 is 22.5 Å². The number of hydrogen-bond acceptors (Lipinski definition) is 11. The molecular weight excluding hydrogens is 655 g/mol. The van der Waals surface area contributed by atoms with E-state index in [9.17, 15) is 34.8 Å². The van der Waals surface area contributed by atoms with Crippen molar-refractivity contribution in [3.8, 4) is 0 Å². The highest BCUT2D eigenvalue weighted by Crippen LogP contribution is 2.29. The largest absolute Gasteiger partial charge is 0.437 e. The highest BCUT2D eigenvalue weighted by molar-refractivity contribution is 8.03. The zero-order valence-corrected chi connectivity index (χ0v) is 25.4. The summed E-state index contributed by atoms with van der Waals surface area (Å²) in [5.41, 5.74) is -3.31. The molecule has 2 aromatic rings. The number of oxime groups is 2. The summed E-state index contributed by atoms with van der Waals surface area (Å²) in [6.45, 7) is 3.58. The van der Waals surface area contributed by atoms with Crippen LogP contribution in [-0.4, -0.2) is 56.1 Å². The van der Waals surface area contributed by atoms with Gasteiger partial charge in [0.05, 0.1) is 12.4 Å². The molecule has 0 bridgehead atoms. The maximum Gasteiger partial charge on any atom is 0.437 e. The third kappa shape index (κ3) is 13.0. The Labute approximate surface area is 252 Å². The topological polar surface area (TPSA) is 95.8 Å². The minimum absolute atomic E-state index is 0.155. The van der Waals surface area contributed by atoms with Crippen LogP contribution in [-0.2, 0) is 27.9 Å². The predicted octanol–water partition coefficient (Wildman–Crippen LogP) is 7.80. The van der Waals surface area contributed by atoms with Gasteiger partial charge in [0.2, 0.25) is 0 Å². The van der Waals surface area contributed by atoms with E-state index >= 15 is 0 Å². The monoisotopic (exact) mass is 680 g/mol. The normalized spacial score (nSPS) is 13.3. The van der Waals surface area contributed by atoms with Gasteiger partial charge in [0, 0.05) is 32.4 Å². The fourth-order valence-electron chi connectivity index (χ4n) is 2.86. The lowest BCUT2D eigenvalue weighted by atomic mass is 10.1. The summed E-state index contributed by atoms with van der Waals surface area (Å²) in [6, 6.07) is 10.7. The summed E-state index contributed by atoms with van der Waals surface area (Å²) >= 11 is 2.86. The maximum absolute atomic E-state index is 13.4. The molecule has 0 spiro atoms. The average Bonchev–Trinajstić information content (AvgIpc) is 2.90. The maximum atomic E-state index is 13.4. The van der Waals surface area contributed by atoms with Crippen molar-refractivity contribution < 1.29 is 52.5 Å². The Hall–Kier alpha value is -2.12. The van der Waals surface area contributed by atoms with E-state index in [0.717, 1.165) is 12.1 Å². The summed E-state index contributed by atoms with van der Waals surface area (Å²) in [5, 5.41) is 5.95. The van der Waals surface area contributed by atoms with E-state index in [0.29, 0.717) is 27.7 Å². The molecule has 0 aliphatic heterocycles. The van der Waals surface area contributed by atoms with Crippen LogP contribution >= 0.6 is 35.8 Å². The molecule has 0 radical (unpaired) electrons. The first-order chi connectivity index (χ1) is 19.8. The average molecular weight is 681 g/mol. The molecule has 0 aromatic heterocycles. The quantitative estimate of drug-likeness (QED) is 0.0316. The standard InChI is InChI=1S/C24H26F6N2O6S4/c1-3-13-35-38-41-36-31-21(23(25,26)27)17-5-9-19(10-6-17)39-14-15-40-20-11-7-18(8-12-20)22(24(28,29)30)32-37-42(33,34)16-4-2/h5-12H,3-4,13-16H2,1-2H3/b31-21-,32-22-. The van der Waals surface area contributed by atoms with E-state index in [1.54, 1.807) is 0 Å². The van der Waals surface area contributed by atoms with Gasteiger partial charge in [-0.3, -0.25) is 8.57 Å². The van der Waals surface area contributed by atoms with Gasteiger partial charge in [-0.1, -0.05) is 48.4 Å². The number of nitrogens with zero attached hydrogens (tertiary/aromatic N) is 2. The molecule has 42 heavy (non-hydrogen) atoms. The first-order valence-corrected chi connectivity index (χ1v) is 16.3. The second-order valence-electron chi connectivity index (χ2n) is 7.99. The molecule has 0 saturated heterocycles. The van der Waals surface area contributed by atoms with Crippen molar-refractivity contribution in [1.29, 1.82) is 0 Å². The van der Waals surface area contributed by atoms with Gasteiger partial charge < -0.3 is 0 Å². The zero-order chi connectivity index (χ0) is 31.2. The lowest BCUT2D eigenvalue weighted by Crippen LogP contribution is -2.25. The fourth-order valence-corrected chi connectivity index (χ4v) is 5.65. The first-order valence-electron chi connectivity index (χ1n) is 12.1. The zero-order valence-electron chi connectivity index (χ0n) is 22.1. The molecule has 0 aliphatic carbocycles. The molecule has 8 nitrogen and oxygen atoms in total. The fraction of sp³-hybridized carbons (Fsp3) is 0.417. The molecule has 234 valence electrons. The van der Waals surface area contributed by atoms with Crippen LogP contribution < -0.4 is 0 Å². The van der Waals surface area contributed by atoms with Gasteiger partial charge in [0.25, 0.3) is 12.3 Å². The summed E-state index contributed by atoms with van der Waals surface area (Å²) in [6.07, 6.45) is -8.93. The molecule has 0 amide bonds. The SMILES string of the molecule is CCCOOSO/N=C(/c1ccc(SCCSc2ccc(/C(=N/OS(=O)(=O)CCC)C(F)(F)F)cc2)cc1)C(F)(F)F. The molecule has 0 saturated carbocycles. The number of halogens is 6. The minimum Gasteiger partial charge on any atom is -0.289 e. The lowest BCUT2D eigenvalue weighted by Gasteiger charge is -2.11. The highest BCUT2D eigenvalue weighted by atomic mass is 32.2. The van der Waals surface area contributed by atoms with E-state index < -0.39 is 39.6 Å². The molecule has 0 fully saturated rings. The molecule has 2 aromatic carbocycles. The van der Waals surface area contributed by atoms with Crippen LogP contribution in [0.15, 0.2) is 68.6 Å². The number of hydrogen-bond donors (Lipinski definition) is 0. The Balaban J connectivity index is 1.93. The summed E-state index contributed by atoms with van der Waals surface area (Å²) < 4.78 is 117. The van der Waals surface area contributed by atoms with Crippen molar-refractivity contribution >= 4 is 57.4 Å². The Kier molecular flexibility index (Phi) is 14.8. The van der Waals surface area contributed by atoms with E-state index in [1.807, 2.05) is 6.92 Å². The number of thioether (sulfide) groups is 2. The Bertz CT molecular complexity index is 1270. The number of alkyl halides is 6. The van der Waals surface area contributed by atoms with E-state index in [-0.39, 0.29) is 36.5 Å². The van der Waals surface area contributed by atoms with Crippen LogP contribution in [0.2, 0.25) is 0 Å². The first kappa shape index (κ1) is 36.1. The Morgan fingerprint density at radius 3 is 1.67 bits per heavy atom. The molecule has 0 N–H and O–H groups in total. The van der Waals surface area contributed by atoms with Gasteiger partial charge in [0.1, 0.15) is 0 Å². The van der Waals surface area contributed by atoms with Crippen molar-refractivity contribution in [2.75, 3.05) is 23.9 Å². The third-order valence-electron chi connectivity index (χ3n) is 4.63. The molecular formula is C24H26F6N2O6S4. The summed E-state index contributed by atoms with van der Waals surface area (Å²) in [7, 11) is -4.23. The van der Waals surface area contributed by atoms with Gasteiger partial charge in [-0.15, -0.1) is 27.9 Å². The van der Waals surface area contributed by atoms with Gasteiger partial charge in [-0.25, -0.2) is 4.89 Å². The molecule has 0 heterocycles. The van der Waals surface area contributed by atoms with Crippen molar-refractivity contribution in [3.05, 3.63) is 59.7 Å². The van der Waals surface area contributed by atoms with Crippen LogP contribution in [0.3, 0.4) is 0 Å². The van der Waals surface area contributed by atoms with E-state index in [2.05, 4.69) is 28.1 Å². The molecule has 18 heteroatoms. The molecule has 0 aliphatic rings. The van der Waals surface area contributed by atoms with Gasteiger partial charge in [0.15, 0.2) is 11.4 Å². The van der Waals surface area contributed by atoms with Crippen molar-refractivity contribution in [2.24, 2.45) is 10.3 Å². The lowest BCUT2D eigenvalue weighted by molar-refractivity contribution is -0.196. The highest BCUT2D eigenvalue weighted by Gasteiger charge is 2.39. The van der Waals surface area contributed by atoms with Crippen LogP contribution in [0.25, 0.3) is 0 Å². The second-order valence-corrected chi connectivity index (χ2v) is 12.4. The number of rotatable bonds is 17. The second kappa shape index (κ2) is 17.2. The van der Waals surface area contributed by atoms with Crippen molar-refractivity contribution in [1.82, 2.24) is 0 Å². The van der Waals surface area contributed by atoms with Crippen molar-refractivity contribution in [3.63, 3.8) is 0 Å². The number of benzene rings is 2. The summed E-state index contributed by atoms with van der Waals surface area (Å²) in [4.78, 5) is 5.94. The smallest absolute Gasteiger partial charge is 0.289 e.